The second kappa shape index (κ2) is 9.37. The van der Waals surface area contributed by atoms with Crippen molar-refractivity contribution in [3.8, 4) is 5.75 Å². The fourth-order valence-electron chi connectivity index (χ4n) is 3.87. The van der Waals surface area contributed by atoms with Crippen LogP contribution in [0.3, 0.4) is 0 Å². The van der Waals surface area contributed by atoms with E-state index in [4.69, 9.17) is 9.72 Å². The van der Waals surface area contributed by atoms with Gasteiger partial charge in [0.1, 0.15) is 10.8 Å². The minimum Gasteiger partial charge on any atom is -0.497 e. The van der Waals surface area contributed by atoms with Gasteiger partial charge in [-0.25, -0.2) is 4.98 Å². The number of rotatable bonds is 7. The smallest absolute Gasteiger partial charge is 0.234 e. The van der Waals surface area contributed by atoms with E-state index in [0.717, 1.165) is 42.1 Å². The molecule has 1 N–H and O–H groups in total. The lowest BCUT2D eigenvalue weighted by molar-refractivity contribution is -0.123. The van der Waals surface area contributed by atoms with Crippen molar-refractivity contribution < 1.29 is 9.53 Å². The SMILES string of the molecule is COc1ccc(CCNC(=O)CN2CCCC[C@H]2c2nc3ccccc3s2)cc1. The number of thiazole rings is 1. The van der Waals surface area contributed by atoms with E-state index >= 15 is 0 Å². The number of methoxy groups -OCH3 is 1. The van der Waals surface area contributed by atoms with Crippen molar-refractivity contribution in [1.82, 2.24) is 15.2 Å². The van der Waals surface area contributed by atoms with Crippen LogP contribution in [-0.4, -0.2) is 42.5 Å². The summed E-state index contributed by atoms with van der Waals surface area (Å²) in [5.74, 6) is 0.940. The molecule has 1 atom stereocenters. The van der Waals surface area contributed by atoms with E-state index in [2.05, 4.69) is 28.4 Å². The van der Waals surface area contributed by atoms with Crippen molar-refractivity contribution in [2.24, 2.45) is 0 Å². The Balaban J connectivity index is 1.33. The molecule has 2 heterocycles. The van der Waals surface area contributed by atoms with Gasteiger partial charge in [-0.05, 0) is 55.6 Å². The average molecular weight is 410 g/mol. The van der Waals surface area contributed by atoms with Crippen LogP contribution in [-0.2, 0) is 11.2 Å². The fourth-order valence-corrected chi connectivity index (χ4v) is 5.01. The lowest BCUT2D eigenvalue weighted by Crippen LogP contribution is -2.42. The molecule has 1 aliphatic rings. The van der Waals surface area contributed by atoms with Crippen LogP contribution < -0.4 is 10.1 Å². The van der Waals surface area contributed by atoms with Crippen LogP contribution in [0, 0.1) is 0 Å². The van der Waals surface area contributed by atoms with Gasteiger partial charge in [-0.3, -0.25) is 9.69 Å². The third kappa shape index (κ3) is 4.95. The molecule has 1 amide bonds. The van der Waals surface area contributed by atoms with E-state index in [1.807, 2.05) is 30.3 Å². The number of carbonyl (C=O) groups excluding carboxylic acids is 1. The Kier molecular flexibility index (Phi) is 6.42. The molecular weight excluding hydrogens is 382 g/mol. The first kappa shape index (κ1) is 19.9. The summed E-state index contributed by atoms with van der Waals surface area (Å²) in [4.78, 5) is 19.7. The predicted octanol–water partition coefficient (Wildman–Crippen LogP) is 4.19. The zero-order valence-electron chi connectivity index (χ0n) is 16.8. The van der Waals surface area contributed by atoms with Crippen molar-refractivity contribution in [2.45, 2.75) is 31.7 Å². The number of nitrogens with one attached hydrogen (secondary N) is 1. The average Bonchev–Trinajstić information content (AvgIpc) is 3.19. The fraction of sp³-hybridized carbons (Fsp3) is 0.391. The van der Waals surface area contributed by atoms with Gasteiger partial charge in [0, 0.05) is 6.54 Å². The number of benzene rings is 2. The highest BCUT2D eigenvalue weighted by atomic mass is 32.1. The molecule has 0 radical (unpaired) electrons. The van der Waals surface area contributed by atoms with Crippen molar-refractivity contribution in [3.63, 3.8) is 0 Å². The first-order valence-electron chi connectivity index (χ1n) is 10.2. The molecule has 29 heavy (non-hydrogen) atoms. The summed E-state index contributed by atoms with van der Waals surface area (Å²) in [5.41, 5.74) is 2.25. The monoisotopic (exact) mass is 409 g/mol. The number of carbonyl (C=O) groups is 1. The summed E-state index contributed by atoms with van der Waals surface area (Å²) in [5, 5.41) is 4.21. The lowest BCUT2D eigenvalue weighted by Gasteiger charge is -2.33. The first-order chi connectivity index (χ1) is 14.2. The van der Waals surface area contributed by atoms with E-state index in [1.54, 1.807) is 18.4 Å². The van der Waals surface area contributed by atoms with Crippen molar-refractivity contribution in [1.29, 1.82) is 0 Å². The summed E-state index contributed by atoms with van der Waals surface area (Å²) in [7, 11) is 1.66. The van der Waals surface area contributed by atoms with Gasteiger partial charge in [0.05, 0.1) is 29.9 Å². The molecule has 152 valence electrons. The number of para-hydroxylation sites is 1. The van der Waals surface area contributed by atoms with Crippen molar-refractivity contribution in [3.05, 3.63) is 59.1 Å². The largest absolute Gasteiger partial charge is 0.497 e. The Bertz CT molecular complexity index is 921. The van der Waals surface area contributed by atoms with E-state index in [9.17, 15) is 4.79 Å². The number of aromatic nitrogens is 1. The van der Waals surface area contributed by atoms with Crippen LogP contribution in [0.5, 0.6) is 5.75 Å². The van der Waals surface area contributed by atoms with Crippen molar-refractivity contribution in [2.75, 3.05) is 26.7 Å². The first-order valence-corrected chi connectivity index (χ1v) is 11.0. The Morgan fingerprint density at radius 3 is 2.83 bits per heavy atom. The third-order valence-corrected chi connectivity index (χ3v) is 6.59. The number of fused-ring (bicyclic) bond motifs is 1. The van der Waals surface area contributed by atoms with Crippen LogP contribution in [0.15, 0.2) is 48.5 Å². The third-order valence-electron chi connectivity index (χ3n) is 5.45. The molecule has 4 rings (SSSR count). The number of likely N-dealkylation sites (tertiary alicyclic amines) is 1. The molecule has 2 aromatic carbocycles. The van der Waals surface area contributed by atoms with Crippen LogP contribution >= 0.6 is 11.3 Å². The highest BCUT2D eigenvalue weighted by molar-refractivity contribution is 7.18. The zero-order chi connectivity index (χ0) is 20.1. The zero-order valence-corrected chi connectivity index (χ0v) is 17.6. The number of piperidine rings is 1. The van der Waals surface area contributed by atoms with E-state index < -0.39 is 0 Å². The maximum Gasteiger partial charge on any atom is 0.234 e. The topological polar surface area (TPSA) is 54.5 Å². The van der Waals surface area contributed by atoms with Gasteiger partial charge in [-0.2, -0.15) is 0 Å². The Hall–Kier alpha value is -2.44. The molecule has 0 aliphatic carbocycles. The maximum absolute atomic E-state index is 12.6. The standard InChI is InChI=1S/C23H27N3O2S/c1-28-18-11-9-17(10-12-18)13-14-24-22(27)16-26-15-5-4-7-20(26)23-25-19-6-2-3-8-21(19)29-23/h2-3,6,8-12,20H,4-5,7,13-16H2,1H3,(H,24,27)/t20-/m0/s1. The lowest BCUT2D eigenvalue weighted by atomic mass is 10.0. The quantitative estimate of drug-likeness (QED) is 0.636. The van der Waals surface area contributed by atoms with E-state index in [0.29, 0.717) is 13.1 Å². The number of hydrogen-bond acceptors (Lipinski definition) is 5. The molecule has 0 bridgehead atoms. The molecule has 1 saturated heterocycles. The number of amides is 1. The molecule has 1 aliphatic heterocycles. The van der Waals surface area contributed by atoms with Gasteiger partial charge in [0.2, 0.25) is 5.91 Å². The van der Waals surface area contributed by atoms with Gasteiger partial charge in [0.25, 0.3) is 0 Å². The minimum atomic E-state index is 0.0894. The Morgan fingerprint density at radius 1 is 1.21 bits per heavy atom. The van der Waals surface area contributed by atoms with Gasteiger partial charge in [-0.15, -0.1) is 11.3 Å². The summed E-state index contributed by atoms with van der Waals surface area (Å²) < 4.78 is 6.40. The normalized spacial score (nSPS) is 17.3. The van der Waals surface area contributed by atoms with Crippen LogP contribution in [0.4, 0.5) is 0 Å². The molecule has 0 saturated carbocycles. The number of hydrogen-bond donors (Lipinski definition) is 1. The Labute approximate surface area is 175 Å². The molecule has 1 fully saturated rings. The maximum atomic E-state index is 12.6. The molecule has 3 aromatic rings. The van der Waals surface area contributed by atoms with Crippen LogP contribution in [0.25, 0.3) is 10.2 Å². The highest BCUT2D eigenvalue weighted by Gasteiger charge is 2.28. The van der Waals surface area contributed by atoms with Crippen molar-refractivity contribution >= 4 is 27.5 Å². The van der Waals surface area contributed by atoms with Gasteiger partial charge in [0.15, 0.2) is 0 Å². The molecule has 0 unspecified atom stereocenters. The number of ether oxygens (including phenoxy) is 1. The molecule has 6 heteroatoms. The van der Waals surface area contributed by atoms with Crippen LogP contribution in [0.2, 0.25) is 0 Å². The highest BCUT2D eigenvalue weighted by Crippen LogP contribution is 2.35. The van der Waals surface area contributed by atoms with Gasteiger partial charge >= 0.3 is 0 Å². The summed E-state index contributed by atoms with van der Waals surface area (Å²) in [6.45, 7) is 2.03. The summed E-state index contributed by atoms with van der Waals surface area (Å²) in [6, 6.07) is 16.5. The van der Waals surface area contributed by atoms with Gasteiger partial charge in [-0.1, -0.05) is 30.7 Å². The summed E-state index contributed by atoms with van der Waals surface area (Å²) >= 11 is 1.76. The van der Waals surface area contributed by atoms with E-state index in [1.165, 1.54) is 16.7 Å². The molecule has 5 nitrogen and oxygen atoms in total. The molecular formula is C23H27N3O2S. The molecule has 1 aromatic heterocycles. The number of nitrogens with zero attached hydrogens (tertiary/aromatic N) is 2. The van der Waals surface area contributed by atoms with E-state index in [-0.39, 0.29) is 11.9 Å². The summed E-state index contributed by atoms with van der Waals surface area (Å²) in [6.07, 6.45) is 4.21. The second-order valence-corrected chi connectivity index (χ2v) is 8.51. The van der Waals surface area contributed by atoms with Crippen LogP contribution in [0.1, 0.15) is 35.9 Å². The minimum absolute atomic E-state index is 0.0894. The molecule has 0 spiro atoms. The predicted molar refractivity (Wildman–Crippen MR) is 117 cm³/mol. The second-order valence-electron chi connectivity index (χ2n) is 7.45. The Morgan fingerprint density at radius 2 is 2.03 bits per heavy atom. The van der Waals surface area contributed by atoms with Gasteiger partial charge < -0.3 is 10.1 Å².